The van der Waals surface area contributed by atoms with Crippen LogP contribution < -0.4 is 5.32 Å². The molecule has 1 heterocycles. The van der Waals surface area contributed by atoms with Crippen LogP contribution in [-0.2, 0) is 4.79 Å². The van der Waals surface area contributed by atoms with E-state index in [4.69, 9.17) is 0 Å². The van der Waals surface area contributed by atoms with E-state index in [0.29, 0.717) is 16.0 Å². The average molecular weight is 398 g/mol. The van der Waals surface area contributed by atoms with Gasteiger partial charge in [0, 0.05) is 18.7 Å². The second-order valence-electron chi connectivity index (χ2n) is 6.46. The molecule has 0 bridgehead atoms. The SMILES string of the molecule is Cc1ccc(C=C2SC(=O)N(CCNC(=O)c3ccc(F)c(C)c3)C2=O)cc1. The van der Waals surface area contributed by atoms with Crippen molar-refractivity contribution in [3.63, 3.8) is 0 Å². The summed E-state index contributed by atoms with van der Waals surface area (Å²) in [5, 5.41) is 2.28. The molecule has 1 aliphatic heterocycles. The zero-order chi connectivity index (χ0) is 20.3. The molecule has 1 fully saturated rings. The lowest BCUT2D eigenvalue weighted by Crippen LogP contribution is -2.37. The highest BCUT2D eigenvalue weighted by molar-refractivity contribution is 8.18. The fourth-order valence-electron chi connectivity index (χ4n) is 2.68. The molecule has 5 nitrogen and oxygen atoms in total. The highest BCUT2D eigenvalue weighted by Crippen LogP contribution is 2.31. The molecule has 0 aliphatic carbocycles. The second kappa shape index (κ2) is 8.39. The number of nitrogens with one attached hydrogen (secondary N) is 1. The summed E-state index contributed by atoms with van der Waals surface area (Å²) in [4.78, 5) is 38.2. The van der Waals surface area contributed by atoms with E-state index in [1.54, 1.807) is 13.0 Å². The van der Waals surface area contributed by atoms with Gasteiger partial charge in [-0.2, -0.15) is 0 Å². The third-order valence-electron chi connectivity index (χ3n) is 4.29. The highest BCUT2D eigenvalue weighted by Gasteiger charge is 2.34. The molecule has 0 atom stereocenters. The number of hydrogen-bond acceptors (Lipinski definition) is 4. The molecule has 0 unspecified atom stereocenters. The lowest BCUT2D eigenvalue weighted by molar-refractivity contribution is -0.122. The Balaban J connectivity index is 1.59. The number of halogens is 1. The molecule has 3 amide bonds. The van der Waals surface area contributed by atoms with Crippen LogP contribution in [0.2, 0.25) is 0 Å². The van der Waals surface area contributed by atoms with Gasteiger partial charge in [0.05, 0.1) is 4.91 Å². The van der Waals surface area contributed by atoms with E-state index in [-0.39, 0.29) is 36.0 Å². The van der Waals surface area contributed by atoms with Crippen molar-refractivity contribution < 1.29 is 18.8 Å². The molecular weight excluding hydrogens is 379 g/mol. The van der Waals surface area contributed by atoms with Crippen molar-refractivity contribution in [3.05, 3.63) is 75.4 Å². The molecule has 1 N–H and O–H groups in total. The summed E-state index contributed by atoms with van der Waals surface area (Å²) in [5.41, 5.74) is 2.65. The van der Waals surface area contributed by atoms with Crippen molar-refractivity contribution in [2.45, 2.75) is 13.8 Å². The van der Waals surface area contributed by atoms with Crippen molar-refractivity contribution >= 4 is 34.9 Å². The van der Waals surface area contributed by atoms with Crippen molar-refractivity contribution in [2.24, 2.45) is 0 Å². The van der Waals surface area contributed by atoms with Crippen LogP contribution in [-0.4, -0.2) is 35.0 Å². The van der Waals surface area contributed by atoms with E-state index in [1.807, 2.05) is 31.2 Å². The molecule has 7 heteroatoms. The van der Waals surface area contributed by atoms with E-state index >= 15 is 0 Å². The van der Waals surface area contributed by atoms with Gasteiger partial charge >= 0.3 is 0 Å². The third-order valence-corrected chi connectivity index (χ3v) is 5.20. The number of hydrogen-bond donors (Lipinski definition) is 1. The zero-order valence-corrected chi connectivity index (χ0v) is 16.3. The Hall–Kier alpha value is -2.93. The topological polar surface area (TPSA) is 66.5 Å². The summed E-state index contributed by atoms with van der Waals surface area (Å²) in [6.07, 6.45) is 1.68. The van der Waals surface area contributed by atoms with Gasteiger partial charge in [0.15, 0.2) is 0 Å². The van der Waals surface area contributed by atoms with Gasteiger partial charge in [0.1, 0.15) is 5.82 Å². The van der Waals surface area contributed by atoms with Gasteiger partial charge in [-0.25, -0.2) is 4.39 Å². The van der Waals surface area contributed by atoms with Gasteiger partial charge in [0.25, 0.3) is 17.1 Å². The maximum absolute atomic E-state index is 13.3. The molecule has 3 rings (SSSR count). The van der Waals surface area contributed by atoms with Crippen molar-refractivity contribution in [1.29, 1.82) is 0 Å². The first kappa shape index (κ1) is 19.8. The van der Waals surface area contributed by atoms with Crippen molar-refractivity contribution in [3.8, 4) is 0 Å². The molecule has 0 aromatic heterocycles. The Morgan fingerprint density at radius 3 is 2.54 bits per heavy atom. The average Bonchev–Trinajstić information content (AvgIpc) is 2.93. The van der Waals surface area contributed by atoms with E-state index in [2.05, 4.69) is 5.32 Å². The Morgan fingerprint density at radius 2 is 1.86 bits per heavy atom. The maximum Gasteiger partial charge on any atom is 0.293 e. The van der Waals surface area contributed by atoms with Crippen LogP contribution in [0.15, 0.2) is 47.4 Å². The third kappa shape index (κ3) is 4.48. The molecule has 2 aromatic rings. The Morgan fingerprint density at radius 1 is 1.14 bits per heavy atom. The largest absolute Gasteiger partial charge is 0.350 e. The molecule has 2 aromatic carbocycles. The van der Waals surface area contributed by atoms with Crippen molar-refractivity contribution in [1.82, 2.24) is 10.2 Å². The normalized spacial score (nSPS) is 15.4. The smallest absolute Gasteiger partial charge is 0.293 e. The van der Waals surface area contributed by atoms with Crippen LogP contribution in [0.3, 0.4) is 0 Å². The first-order valence-corrected chi connectivity index (χ1v) is 9.53. The molecule has 28 heavy (non-hydrogen) atoms. The Kier molecular flexibility index (Phi) is 5.94. The quantitative estimate of drug-likeness (QED) is 0.776. The maximum atomic E-state index is 13.3. The number of benzene rings is 2. The van der Waals surface area contributed by atoms with Gasteiger partial charge in [-0.15, -0.1) is 0 Å². The highest BCUT2D eigenvalue weighted by atomic mass is 32.2. The predicted octanol–water partition coefficient (Wildman–Crippen LogP) is 3.91. The van der Waals surface area contributed by atoms with Crippen molar-refractivity contribution in [2.75, 3.05) is 13.1 Å². The zero-order valence-electron chi connectivity index (χ0n) is 15.5. The minimum atomic E-state index is -0.384. The van der Waals surface area contributed by atoms with Crippen LogP contribution in [0.1, 0.15) is 27.0 Å². The lowest BCUT2D eigenvalue weighted by Gasteiger charge is -2.13. The number of nitrogens with zero attached hydrogens (tertiary/aromatic N) is 1. The molecule has 0 spiro atoms. The summed E-state index contributed by atoms with van der Waals surface area (Å²) in [6, 6.07) is 11.7. The number of amides is 3. The first-order valence-electron chi connectivity index (χ1n) is 8.71. The van der Waals surface area contributed by atoms with E-state index in [0.717, 1.165) is 27.8 Å². The lowest BCUT2D eigenvalue weighted by atomic mass is 10.1. The minimum Gasteiger partial charge on any atom is -0.350 e. The van der Waals surface area contributed by atoms with E-state index in [1.165, 1.54) is 18.2 Å². The molecule has 1 saturated heterocycles. The number of imide groups is 1. The van der Waals surface area contributed by atoms with E-state index in [9.17, 15) is 18.8 Å². The van der Waals surface area contributed by atoms with Crippen LogP contribution >= 0.6 is 11.8 Å². The second-order valence-corrected chi connectivity index (χ2v) is 7.46. The summed E-state index contributed by atoms with van der Waals surface area (Å²) in [7, 11) is 0. The molecular formula is C21H19FN2O3S. The number of aryl methyl sites for hydroxylation is 2. The molecule has 0 saturated carbocycles. The fraction of sp³-hybridized carbons (Fsp3) is 0.190. The Bertz CT molecular complexity index is 970. The van der Waals surface area contributed by atoms with Gasteiger partial charge in [-0.3, -0.25) is 19.3 Å². The van der Waals surface area contributed by atoms with E-state index < -0.39 is 0 Å². The molecule has 0 radical (unpaired) electrons. The van der Waals surface area contributed by atoms with Crippen LogP contribution in [0.4, 0.5) is 9.18 Å². The van der Waals surface area contributed by atoms with Gasteiger partial charge in [-0.05, 0) is 61.0 Å². The Labute approximate surface area is 166 Å². The minimum absolute atomic E-state index is 0.0713. The first-order chi connectivity index (χ1) is 13.3. The molecule has 1 aliphatic rings. The fourth-order valence-corrected chi connectivity index (χ4v) is 3.54. The summed E-state index contributed by atoms with van der Waals surface area (Å²) < 4.78 is 13.3. The van der Waals surface area contributed by atoms with Gasteiger partial charge < -0.3 is 5.32 Å². The number of rotatable bonds is 5. The molecule has 144 valence electrons. The van der Waals surface area contributed by atoms with Crippen LogP contribution in [0, 0.1) is 19.7 Å². The number of carbonyl (C=O) groups is 3. The number of thioether (sulfide) groups is 1. The monoisotopic (exact) mass is 398 g/mol. The van der Waals surface area contributed by atoms with Gasteiger partial charge in [-0.1, -0.05) is 29.8 Å². The standard InChI is InChI=1S/C21H19FN2O3S/c1-13-3-5-15(6-4-13)12-18-20(26)24(21(27)28-18)10-9-23-19(25)16-7-8-17(22)14(2)11-16/h3-8,11-12H,9-10H2,1-2H3,(H,23,25). The summed E-state index contributed by atoms with van der Waals surface area (Å²) in [5.74, 6) is -1.14. The van der Waals surface area contributed by atoms with Crippen LogP contribution in [0.5, 0.6) is 0 Å². The predicted molar refractivity (Wildman–Crippen MR) is 107 cm³/mol. The van der Waals surface area contributed by atoms with Crippen LogP contribution in [0.25, 0.3) is 6.08 Å². The summed E-state index contributed by atoms with van der Waals surface area (Å²) >= 11 is 0.884. The summed E-state index contributed by atoms with van der Waals surface area (Å²) in [6.45, 7) is 3.74. The number of carbonyl (C=O) groups excluding carboxylic acids is 3. The van der Waals surface area contributed by atoms with Gasteiger partial charge in [0.2, 0.25) is 0 Å².